The Bertz CT molecular complexity index is 545. The first-order chi connectivity index (χ1) is 7.70. The monoisotopic (exact) mass is 280 g/mol. The minimum absolute atomic E-state index is 0.226. The molecule has 1 aromatic heterocycles. The standard InChI is InChI=1S/C11H6BrFN2O/c12-7-1-2-10(13)9(3-7)11-4-8(5-16)14-6-15-11/h1-6H. The van der Waals surface area contributed by atoms with Crippen molar-refractivity contribution in [2.45, 2.75) is 0 Å². The van der Waals surface area contributed by atoms with Gasteiger partial charge in [-0.3, -0.25) is 4.79 Å². The van der Waals surface area contributed by atoms with Crippen LogP contribution in [0.3, 0.4) is 0 Å². The molecule has 80 valence electrons. The Morgan fingerprint density at radius 1 is 1.25 bits per heavy atom. The Balaban J connectivity index is 2.57. The second kappa shape index (κ2) is 4.49. The van der Waals surface area contributed by atoms with Crippen molar-refractivity contribution in [1.29, 1.82) is 0 Å². The van der Waals surface area contributed by atoms with Crippen molar-refractivity contribution in [3.05, 3.63) is 46.6 Å². The van der Waals surface area contributed by atoms with E-state index in [-0.39, 0.29) is 5.69 Å². The molecule has 0 unspecified atom stereocenters. The third-order valence-electron chi connectivity index (χ3n) is 2.01. The van der Waals surface area contributed by atoms with Gasteiger partial charge in [-0.1, -0.05) is 15.9 Å². The lowest BCUT2D eigenvalue weighted by atomic mass is 10.1. The van der Waals surface area contributed by atoms with E-state index >= 15 is 0 Å². The van der Waals surface area contributed by atoms with Crippen LogP contribution < -0.4 is 0 Å². The van der Waals surface area contributed by atoms with Crippen molar-refractivity contribution in [1.82, 2.24) is 9.97 Å². The topological polar surface area (TPSA) is 42.9 Å². The van der Waals surface area contributed by atoms with Crippen LogP contribution in [0.4, 0.5) is 4.39 Å². The van der Waals surface area contributed by atoms with E-state index in [1.54, 1.807) is 12.1 Å². The minimum Gasteiger partial charge on any atom is -0.296 e. The third-order valence-corrected chi connectivity index (χ3v) is 2.51. The summed E-state index contributed by atoms with van der Waals surface area (Å²) in [6, 6.07) is 5.98. The number of aromatic nitrogens is 2. The molecule has 16 heavy (non-hydrogen) atoms. The van der Waals surface area contributed by atoms with Crippen molar-refractivity contribution in [3.8, 4) is 11.3 Å². The van der Waals surface area contributed by atoms with Crippen LogP contribution in [0.1, 0.15) is 10.5 Å². The molecule has 0 saturated heterocycles. The van der Waals surface area contributed by atoms with Crippen LogP contribution in [-0.2, 0) is 0 Å². The van der Waals surface area contributed by atoms with Crippen molar-refractivity contribution in [2.75, 3.05) is 0 Å². The molecule has 0 atom stereocenters. The summed E-state index contributed by atoms with van der Waals surface area (Å²) in [4.78, 5) is 18.2. The highest BCUT2D eigenvalue weighted by Crippen LogP contribution is 2.24. The van der Waals surface area contributed by atoms with E-state index in [0.29, 0.717) is 17.5 Å². The molecular weight excluding hydrogens is 275 g/mol. The summed E-state index contributed by atoms with van der Waals surface area (Å²) in [5.74, 6) is -0.390. The molecule has 0 bridgehead atoms. The maximum Gasteiger partial charge on any atom is 0.168 e. The van der Waals surface area contributed by atoms with Gasteiger partial charge in [-0.05, 0) is 24.3 Å². The SMILES string of the molecule is O=Cc1cc(-c2cc(Br)ccc2F)ncn1. The number of hydrogen-bond acceptors (Lipinski definition) is 3. The van der Waals surface area contributed by atoms with E-state index in [4.69, 9.17) is 0 Å². The molecule has 0 N–H and O–H groups in total. The lowest BCUT2D eigenvalue weighted by Gasteiger charge is -2.03. The fraction of sp³-hybridized carbons (Fsp3) is 0. The average molecular weight is 281 g/mol. The van der Waals surface area contributed by atoms with E-state index in [1.807, 2.05) is 0 Å². The molecule has 1 heterocycles. The lowest BCUT2D eigenvalue weighted by molar-refractivity contribution is 0.111. The van der Waals surface area contributed by atoms with Crippen LogP contribution in [0.5, 0.6) is 0 Å². The highest BCUT2D eigenvalue weighted by atomic mass is 79.9. The van der Waals surface area contributed by atoms with E-state index < -0.39 is 5.82 Å². The molecule has 1 aromatic carbocycles. The largest absolute Gasteiger partial charge is 0.296 e. The van der Waals surface area contributed by atoms with Crippen LogP contribution in [0.25, 0.3) is 11.3 Å². The maximum absolute atomic E-state index is 13.5. The summed E-state index contributed by atoms with van der Waals surface area (Å²) in [6.45, 7) is 0. The molecule has 0 aliphatic heterocycles. The summed E-state index contributed by atoms with van der Waals surface area (Å²) < 4.78 is 14.3. The van der Waals surface area contributed by atoms with Gasteiger partial charge in [0.05, 0.1) is 5.69 Å². The molecule has 5 heteroatoms. The molecule has 0 saturated carbocycles. The summed E-state index contributed by atoms with van der Waals surface area (Å²) in [6.07, 6.45) is 1.83. The number of hydrogen-bond donors (Lipinski definition) is 0. The molecule has 0 aliphatic rings. The third kappa shape index (κ3) is 2.14. The van der Waals surface area contributed by atoms with Crippen molar-refractivity contribution >= 4 is 22.2 Å². The Hall–Kier alpha value is -1.62. The quantitative estimate of drug-likeness (QED) is 0.795. The van der Waals surface area contributed by atoms with Gasteiger partial charge in [0, 0.05) is 10.0 Å². The van der Waals surface area contributed by atoms with E-state index in [0.717, 1.165) is 4.47 Å². The van der Waals surface area contributed by atoms with E-state index in [9.17, 15) is 9.18 Å². The summed E-state index contributed by atoms with van der Waals surface area (Å²) in [5, 5.41) is 0. The predicted molar refractivity (Wildman–Crippen MR) is 60.5 cm³/mol. The van der Waals surface area contributed by atoms with Gasteiger partial charge < -0.3 is 0 Å². The number of carbonyl (C=O) groups is 1. The van der Waals surface area contributed by atoms with Crippen LogP contribution in [0.2, 0.25) is 0 Å². The molecule has 0 radical (unpaired) electrons. The van der Waals surface area contributed by atoms with Gasteiger partial charge in [0.1, 0.15) is 17.8 Å². The van der Waals surface area contributed by atoms with Gasteiger partial charge in [-0.25, -0.2) is 14.4 Å². The summed E-state index contributed by atoms with van der Waals surface area (Å²) in [5.41, 5.74) is 0.945. The number of nitrogens with zero attached hydrogens (tertiary/aromatic N) is 2. The number of halogens is 2. The molecule has 2 rings (SSSR count). The van der Waals surface area contributed by atoms with Gasteiger partial charge in [0.2, 0.25) is 0 Å². The number of rotatable bonds is 2. The zero-order chi connectivity index (χ0) is 11.5. The average Bonchev–Trinajstić information content (AvgIpc) is 2.32. The van der Waals surface area contributed by atoms with Crippen molar-refractivity contribution < 1.29 is 9.18 Å². The zero-order valence-corrected chi connectivity index (χ0v) is 9.61. The smallest absolute Gasteiger partial charge is 0.168 e. The highest BCUT2D eigenvalue weighted by molar-refractivity contribution is 9.10. The fourth-order valence-electron chi connectivity index (χ4n) is 1.28. The van der Waals surface area contributed by atoms with Gasteiger partial charge in [-0.15, -0.1) is 0 Å². The Morgan fingerprint density at radius 2 is 2.06 bits per heavy atom. The highest BCUT2D eigenvalue weighted by Gasteiger charge is 2.07. The molecular formula is C11H6BrFN2O. The van der Waals surface area contributed by atoms with Crippen LogP contribution >= 0.6 is 15.9 Å². The second-order valence-corrected chi connectivity index (χ2v) is 3.99. The van der Waals surface area contributed by atoms with Gasteiger partial charge >= 0.3 is 0 Å². The first-order valence-electron chi connectivity index (χ1n) is 4.43. The molecule has 0 spiro atoms. The summed E-state index contributed by atoms with van der Waals surface area (Å²) >= 11 is 3.25. The Labute approximate surface area is 99.5 Å². The molecule has 0 amide bonds. The number of aldehydes is 1. The van der Waals surface area contributed by atoms with Gasteiger partial charge in [0.15, 0.2) is 6.29 Å². The Morgan fingerprint density at radius 3 is 2.81 bits per heavy atom. The minimum atomic E-state index is -0.390. The van der Waals surface area contributed by atoms with Crippen molar-refractivity contribution in [3.63, 3.8) is 0 Å². The van der Waals surface area contributed by atoms with E-state index in [1.165, 1.54) is 18.5 Å². The molecule has 0 fully saturated rings. The molecule has 0 aliphatic carbocycles. The van der Waals surface area contributed by atoms with E-state index in [2.05, 4.69) is 25.9 Å². The maximum atomic E-state index is 13.5. The normalized spacial score (nSPS) is 10.1. The number of carbonyl (C=O) groups excluding carboxylic acids is 1. The molecule has 2 aromatic rings. The first kappa shape index (κ1) is 10.9. The summed E-state index contributed by atoms with van der Waals surface area (Å²) in [7, 11) is 0. The van der Waals surface area contributed by atoms with Gasteiger partial charge in [0.25, 0.3) is 0 Å². The first-order valence-corrected chi connectivity index (χ1v) is 5.22. The predicted octanol–water partition coefficient (Wildman–Crippen LogP) is 2.86. The van der Waals surface area contributed by atoms with Crippen molar-refractivity contribution in [2.24, 2.45) is 0 Å². The Kier molecular flexibility index (Phi) is 3.05. The zero-order valence-electron chi connectivity index (χ0n) is 8.02. The van der Waals surface area contributed by atoms with Crippen LogP contribution in [0, 0.1) is 5.82 Å². The van der Waals surface area contributed by atoms with Crippen LogP contribution in [-0.4, -0.2) is 16.3 Å². The second-order valence-electron chi connectivity index (χ2n) is 3.07. The van der Waals surface area contributed by atoms with Crippen LogP contribution in [0.15, 0.2) is 35.1 Å². The van der Waals surface area contributed by atoms with Gasteiger partial charge in [-0.2, -0.15) is 0 Å². The fourth-order valence-corrected chi connectivity index (χ4v) is 1.64. The number of benzene rings is 1. The lowest BCUT2D eigenvalue weighted by Crippen LogP contribution is -1.93. The molecule has 3 nitrogen and oxygen atoms in total.